The summed E-state index contributed by atoms with van der Waals surface area (Å²) in [7, 11) is 1.63. The summed E-state index contributed by atoms with van der Waals surface area (Å²) in [5.74, 6) is 0.00957. The lowest BCUT2D eigenvalue weighted by Gasteiger charge is -2.31. The first-order chi connectivity index (χ1) is 14.5. The summed E-state index contributed by atoms with van der Waals surface area (Å²) >= 11 is 0. The van der Waals surface area contributed by atoms with Gasteiger partial charge in [0.15, 0.2) is 0 Å². The summed E-state index contributed by atoms with van der Waals surface area (Å²) in [4.78, 5) is 12.7. The quantitative estimate of drug-likeness (QED) is 0.621. The Bertz CT molecular complexity index is 887. The molecular weight excluding hydrogens is 381 g/mol. The van der Waals surface area contributed by atoms with E-state index in [0.29, 0.717) is 13.0 Å². The van der Waals surface area contributed by atoms with E-state index in [1.165, 1.54) is 18.9 Å². The highest BCUT2D eigenvalue weighted by molar-refractivity contribution is 5.95. The predicted octanol–water partition coefficient (Wildman–Crippen LogP) is 3.53. The van der Waals surface area contributed by atoms with Crippen LogP contribution in [0.2, 0.25) is 0 Å². The number of amides is 1. The number of nitrogens with one attached hydrogen (secondary N) is 2. The van der Waals surface area contributed by atoms with Gasteiger partial charge in [0, 0.05) is 13.7 Å². The molecule has 1 saturated carbocycles. The molecule has 1 aliphatic carbocycles. The van der Waals surface area contributed by atoms with Crippen molar-refractivity contribution in [2.75, 3.05) is 19.0 Å². The van der Waals surface area contributed by atoms with Crippen molar-refractivity contribution in [1.29, 1.82) is 0 Å². The van der Waals surface area contributed by atoms with Crippen molar-refractivity contribution in [2.24, 2.45) is 11.7 Å². The number of hydrogen-bond donors (Lipinski definition) is 3. The van der Waals surface area contributed by atoms with E-state index >= 15 is 0 Å². The standard InChI is InChI=1S/C24H30FN3O2/c1-30-19-14-22(27-15-19)23(29)28-21-13-18(9-10-20(21)25)24(26,12-11-16-7-8-16)17-5-3-2-4-6-17/h2-6,9-10,13,16,19,22,27H,7-8,11-12,14-15,26H2,1H3,(H,28,29)/t19-,22-,24?/m1/s1. The minimum absolute atomic E-state index is 0.00544. The van der Waals surface area contributed by atoms with Crippen LogP contribution in [0.4, 0.5) is 10.1 Å². The second-order valence-corrected chi connectivity index (χ2v) is 8.56. The van der Waals surface area contributed by atoms with E-state index in [4.69, 9.17) is 10.5 Å². The zero-order valence-electron chi connectivity index (χ0n) is 17.4. The molecule has 4 N–H and O–H groups in total. The Morgan fingerprint density at radius 3 is 2.67 bits per heavy atom. The molecule has 1 heterocycles. The summed E-state index contributed by atoms with van der Waals surface area (Å²) in [5, 5.41) is 5.87. The number of rotatable bonds is 8. The number of carbonyl (C=O) groups is 1. The summed E-state index contributed by atoms with van der Waals surface area (Å²) in [6.45, 7) is 0.609. The first kappa shape index (κ1) is 21.0. The fraction of sp³-hybridized carbons (Fsp3) is 0.458. The fourth-order valence-corrected chi connectivity index (χ4v) is 4.23. The number of benzene rings is 2. The average molecular weight is 412 g/mol. The Kier molecular flexibility index (Phi) is 6.18. The van der Waals surface area contributed by atoms with E-state index < -0.39 is 17.4 Å². The number of carbonyl (C=O) groups excluding carboxylic acids is 1. The van der Waals surface area contributed by atoms with Crippen molar-refractivity contribution in [3.05, 3.63) is 65.5 Å². The van der Waals surface area contributed by atoms with E-state index in [-0.39, 0.29) is 17.7 Å². The number of anilines is 1. The molecule has 2 aromatic carbocycles. The Labute approximate surface area is 177 Å². The Hall–Kier alpha value is -2.28. The zero-order chi connectivity index (χ0) is 21.1. The van der Waals surface area contributed by atoms with Crippen LogP contribution < -0.4 is 16.4 Å². The average Bonchev–Trinajstić information content (AvgIpc) is 3.48. The normalized spacial score (nSPS) is 23.2. The smallest absolute Gasteiger partial charge is 0.241 e. The van der Waals surface area contributed by atoms with E-state index in [9.17, 15) is 9.18 Å². The summed E-state index contributed by atoms with van der Waals surface area (Å²) in [6, 6.07) is 14.4. The van der Waals surface area contributed by atoms with Crippen LogP contribution in [0.5, 0.6) is 0 Å². The van der Waals surface area contributed by atoms with E-state index in [0.717, 1.165) is 29.9 Å². The number of halogens is 1. The molecule has 4 rings (SSSR count). The molecule has 3 atom stereocenters. The van der Waals surface area contributed by atoms with Crippen molar-refractivity contribution in [3.8, 4) is 0 Å². The minimum atomic E-state index is -0.732. The Morgan fingerprint density at radius 1 is 1.23 bits per heavy atom. The third-order valence-corrected chi connectivity index (χ3v) is 6.41. The summed E-state index contributed by atoms with van der Waals surface area (Å²) < 4.78 is 19.9. The van der Waals surface area contributed by atoms with Gasteiger partial charge in [0.1, 0.15) is 5.82 Å². The predicted molar refractivity (Wildman–Crippen MR) is 116 cm³/mol. The lowest BCUT2D eigenvalue weighted by Crippen LogP contribution is -2.39. The monoisotopic (exact) mass is 411 g/mol. The molecule has 1 aliphatic heterocycles. The van der Waals surface area contributed by atoms with Crippen molar-refractivity contribution in [2.45, 2.75) is 49.8 Å². The van der Waals surface area contributed by atoms with Crippen LogP contribution in [0.3, 0.4) is 0 Å². The molecule has 0 bridgehead atoms. The van der Waals surface area contributed by atoms with E-state index in [2.05, 4.69) is 10.6 Å². The fourth-order valence-electron chi connectivity index (χ4n) is 4.23. The number of hydrogen-bond acceptors (Lipinski definition) is 4. The number of ether oxygens (including phenoxy) is 1. The SMILES string of the molecule is CO[C@H]1CN[C@@H](C(=O)Nc2cc(C(N)(CCC3CC3)c3ccccc3)ccc2F)C1. The van der Waals surface area contributed by atoms with Gasteiger partial charge in [-0.25, -0.2) is 4.39 Å². The molecule has 0 radical (unpaired) electrons. The third kappa shape index (κ3) is 4.56. The maximum absolute atomic E-state index is 14.6. The molecule has 30 heavy (non-hydrogen) atoms. The van der Waals surface area contributed by atoms with Gasteiger partial charge < -0.3 is 21.1 Å². The Morgan fingerprint density at radius 2 is 2.00 bits per heavy atom. The van der Waals surface area contributed by atoms with Crippen LogP contribution in [-0.4, -0.2) is 31.7 Å². The van der Waals surface area contributed by atoms with Gasteiger partial charge in [-0.1, -0.05) is 49.2 Å². The van der Waals surface area contributed by atoms with Gasteiger partial charge in [-0.15, -0.1) is 0 Å². The van der Waals surface area contributed by atoms with Crippen molar-refractivity contribution in [3.63, 3.8) is 0 Å². The lowest BCUT2D eigenvalue weighted by atomic mass is 9.79. The third-order valence-electron chi connectivity index (χ3n) is 6.41. The molecule has 5 nitrogen and oxygen atoms in total. The number of nitrogens with two attached hydrogens (primary N) is 1. The highest BCUT2D eigenvalue weighted by Crippen LogP contribution is 2.40. The van der Waals surface area contributed by atoms with Crippen LogP contribution >= 0.6 is 0 Å². The van der Waals surface area contributed by atoms with Crippen LogP contribution in [-0.2, 0) is 15.1 Å². The summed E-state index contributed by atoms with van der Waals surface area (Å²) in [5.41, 5.74) is 8.19. The molecule has 0 aromatic heterocycles. The highest BCUT2D eigenvalue weighted by atomic mass is 19.1. The molecule has 6 heteroatoms. The van der Waals surface area contributed by atoms with Gasteiger partial charge in [-0.05, 0) is 48.4 Å². The van der Waals surface area contributed by atoms with Crippen LogP contribution in [0.25, 0.3) is 0 Å². The van der Waals surface area contributed by atoms with Crippen LogP contribution in [0.1, 0.15) is 43.2 Å². The molecule has 1 saturated heterocycles. The maximum atomic E-state index is 14.6. The zero-order valence-corrected chi connectivity index (χ0v) is 17.4. The Balaban J connectivity index is 1.58. The molecule has 1 amide bonds. The molecule has 0 spiro atoms. The molecule has 1 unspecified atom stereocenters. The molecule has 160 valence electrons. The first-order valence-electron chi connectivity index (χ1n) is 10.7. The topological polar surface area (TPSA) is 76.4 Å². The van der Waals surface area contributed by atoms with E-state index in [1.54, 1.807) is 19.2 Å². The highest BCUT2D eigenvalue weighted by Gasteiger charge is 2.34. The summed E-state index contributed by atoms with van der Waals surface area (Å²) in [6.07, 6.45) is 4.89. The van der Waals surface area contributed by atoms with Crippen molar-refractivity contribution in [1.82, 2.24) is 5.32 Å². The van der Waals surface area contributed by atoms with Gasteiger partial charge in [0.05, 0.1) is 23.4 Å². The van der Waals surface area contributed by atoms with Crippen LogP contribution in [0.15, 0.2) is 48.5 Å². The largest absolute Gasteiger partial charge is 0.380 e. The lowest BCUT2D eigenvalue weighted by molar-refractivity contribution is -0.118. The van der Waals surface area contributed by atoms with Crippen molar-refractivity contribution >= 4 is 11.6 Å². The van der Waals surface area contributed by atoms with E-state index in [1.807, 2.05) is 30.3 Å². The van der Waals surface area contributed by atoms with Gasteiger partial charge in [-0.2, -0.15) is 0 Å². The van der Waals surface area contributed by atoms with Gasteiger partial charge >= 0.3 is 0 Å². The molecule has 2 fully saturated rings. The van der Waals surface area contributed by atoms with Crippen LogP contribution in [0, 0.1) is 11.7 Å². The van der Waals surface area contributed by atoms with Gasteiger partial charge in [0.25, 0.3) is 0 Å². The van der Waals surface area contributed by atoms with Crippen molar-refractivity contribution < 1.29 is 13.9 Å². The molecular formula is C24H30FN3O2. The molecule has 2 aromatic rings. The maximum Gasteiger partial charge on any atom is 0.241 e. The van der Waals surface area contributed by atoms with Gasteiger partial charge in [0.2, 0.25) is 5.91 Å². The second kappa shape index (κ2) is 8.84. The first-order valence-corrected chi connectivity index (χ1v) is 10.7. The van der Waals surface area contributed by atoms with Gasteiger partial charge in [-0.3, -0.25) is 4.79 Å². The molecule has 2 aliphatic rings. The minimum Gasteiger partial charge on any atom is -0.380 e. The number of methoxy groups -OCH3 is 1. The second-order valence-electron chi connectivity index (χ2n) is 8.56.